The van der Waals surface area contributed by atoms with Crippen LogP contribution in [0.25, 0.3) is 0 Å². The third-order valence-electron chi connectivity index (χ3n) is 4.24. The minimum Gasteiger partial charge on any atom is -0.345 e. The zero-order chi connectivity index (χ0) is 15.1. The van der Waals surface area contributed by atoms with Gasteiger partial charge in [-0.1, -0.05) is 15.9 Å². The molecule has 2 aromatic rings. The molecule has 0 bridgehead atoms. The highest BCUT2D eigenvalue weighted by molar-refractivity contribution is 9.10. The molecule has 0 N–H and O–H groups in total. The third kappa shape index (κ3) is 2.53. The SMILES string of the molecule is Cc1cc(Br)cc(C(=O)N2CCn3c(C)ccc3C2C)c1. The number of aromatic nitrogens is 1. The van der Waals surface area contributed by atoms with Crippen molar-refractivity contribution in [1.82, 2.24) is 9.47 Å². The highest BCUT2D eigenvalue weighted by atomic mass is 79.9. The van der Waals surface area contributed by atoms with E-state index in [2.05, 4.69) is 46.5 Å². The number of halogens is 1. The molecule has 3 rings (SSSR count). The Hall–Kier alpha value is -1.55. The van der Waals surface area contributed by atoms with Crippen molar-refractivity contribution in [3.05, 3.63) is 57.3 Å². The maximum Gasteiger partial charge on any atom is 0.254 e. The van der Waals surface area contributed by atoms with Crippen LogP contribution >= 0.6 is 15.9 Å². The molecule has 0 aliphatic carbocycles. The summed E-state index contributed by atoms with van der Waals surface area (Å²) in [5, 5.41) is 0. The molecule has 1 aromatic carbocycles. The minimum absolute atomic E-state index is 0.108. The molecule has 1 aliphatic rings. The molecule has 110 valence electrons. The molecule has 0 spiro atoms. The number of amides is 1. The average Bonchev–Trinajstić information content (AvgIpc) is 2.80. The number of rotatable bonds is 1. The van der Waals surface area contributed by atoms with Crippen LogP contribution in [0.5, 0.6) is 0 Å². The molecule has 2 heterocycles. The Morgan fingerprint density at radius 1 is 1.19 bits per heavy atom. The van der Waals surface area contributed by atoms with Crippen molar-refractivity contribution >= 4 is 21.8 Å². The molecule has 1 unspecified atom stereocenters. The molecule has 1 aromatic heterocycles. The molecule has 1 aliphatic heterocycles. The number of fused-ring (bicyclic) bond motifs is 1. The van der Waals surface area contributed by atoms with Gasteiger partial charge in [-0.15, -0.1) is 0 Å². The van der Waals surface area contributed by atoms with Crippen molar-refractivity contribution < 1.29 is 4.79 Å². The normalized spacial score (nSPS) is 17.7. The molecule has 0 saturated carbocycles. The summed E-state index contributed by atoms with van der Waals surface area (Å²) in [6.45, 7) is 7.86. The van der Waals surface area contributed by atoms with Crippen LogP contribution in [0.2, 0.25) is 0 Å². The Bertz CT molecular complexity index is 685. The summed E-state index contributed by atoms with van der Waals surface area (Å²) in [6.07, 6.45) is 0. The smallest absolute Gasteiger partial charge is 0.254 e. The van der Waals surface area contributed by atoms with Gasteiger partial charge in [0.25, 0.3) is 5.91 Å². The van der Waals surface area contributed by atoms with Crippen molar-refractivity contribution in [2.75, 3.05) is 6.54 Å². The van der Waals surface area contributed by atoms with Gasteiger partial charge >= 0.3 is 0 Å². The topological polar surface area (TPSA) is 25.2 Å². The van der Waals surface area contributed by atoms with E-state index in [1.807, 2.05) is 30.0 Å². The predicted octanol–water partition coefficient (Wildman–Crippen LogP) is 4.08. The van der Waals surface area contributed by atoms with E-state index < -0.39 is 0 Å². The molecule has 0 fully saturated rings. The number of hydrogen-bond donors (Lipinski definition) is 0. The van der Waals surface area contributed by atoms with E-state index in [0.29, 0.717) is 0 Å². The van der Waals surface area contributed by atoms with Crippen LogP contribution in [0.15, 0.2) is 34.8 Å². The van der Waals surface area contributed by atoms with Gasteiger partial charge in [0.2, 0.25) is 0 Å². The first-order chi connectivity index (χ1) is 9.97. The number of benzene rings is 1. The molecular weight excluding hydrogens is 328 g/mol. The van der Waals surface area contributed by atoms with Gasteiger partial charge in [-0.2, -0.15) is 0 Å². The van der Waals surface area contributed by atoms with Crippen molar-refractivity contribution in [3.63, 3.8) is 0 Å². The quantitative estimate of drug-likeness (QED) is 0.763. The monoisotopic (exact) mass is 346 g/mol. The molecule has 4 heteroatoms. The van der Waals surface area contributed by atoms with Crippen LogP contribution < -0.4 is 0 Å². The second-order valence-corrected chi connectivity index (χ2v) is 6.66. The van der Waals surface area contributed by atoms with Crippen molar-refractivity contribution in [1.29, 1.82) is 0 Å². The first-order valence-electron chi connectivity index (χ1n) is 7.21. The van der Waals surface area contributed by atoms with Crippen LogP contribution in [-0.4, -0.2) is 21.9 Å². The molecular formula is C17H19BrN2O. The maximum absolute atomic E-state index is 12.8. The largest absolute Gasteiger partial charge is 0.345 e. The van der Waals surface area contributed by atoms with Crippen molar-refractivity contribution in [2.45, 2.75) is 33.4 Å². The van der Waals surface area contributed by atoms with Gasteiger partial charge in [0.15, 0.2) is 0 Å². The Morgan fingerprint density at radius 2 is 1.95 bits per heavy atom. The lowest BCUT2D eigenvalue weighted by molar-refractivity contribution is 0.0642. The van der Waals surface area contributed by atoms with Gasteiger partial charge < -0.3 is 9.47 Å². The summed E-state index contributed by atoms with van der Waals surface area (Å²) >= 11 is 3.47. The van der Waals surface area contributed by atoms with Crippen LogP contribution in [0, 0.1) is 13.8 Å². The van der Waals surface area contributed by atoms with Gasteiger partial charge in [0, 0.05) is 34.5 Å². The predicted molar refractivity (Wildman–Crippen MR) is 87.5 cm³/mol. The van der Waals surface area contributed by atoms with Gasteiger partial charge in [0.1, 0.15) is 0 Å². The summed E-state index contributed by atoms with van der Waals surface area (Å²) in [4.78, 5) is 14.8. The number of aryl methyl sites for hydroxylation is 2. The zero-order valence-electron chi connectivity index (χ0n) is 12.6. The number of carbonyl (C=O) groups excluding carboxylic acids is 1. The lowest BCUT2D eigenvalue weighted by Gasteiger charge is -2.35. The second kappa shape index (κ2) is 5.34. The fourth-order valence-corrected chi connectivity index (χ4v) is 3.73. The highest BCUT2D eigenvalue weighted by Gasteiger charge is 2.29. The molecule has 1 atom stereocenters. The van der Waals surface area contributed by atoms with Gasteiger partial charge in [-0.25, -0.2) is 0 Å². The summed E-state index contributed by atoms with van der Waals surface area (Å²) in [6, 6.07) is 10.2. The van der Waals surface area contributed by atoms with Gasteiger partial charge in [-0.05, 0) is 56.7 Å². The molecule has 21 heavy (non-hydrogen) atoms. The number of nitrogens with zero attached hydrogens (tertiary/aromatic N) is 2. The van der Waals surface area contributed by atoms with Gasteiger partial charge in [-0.3, -0.25) is 4.79 Å². The van der Waals surface area contributed by atoms with E-state index in [1.54, 1.807) is 0 Å². The van der Waals surface area contributed by atoms with E-state index in [0.717, 1.165) is 28.7 Å². The Labute approximate surface area is 133 Å². The zero-order valence-corrected chi connectivity index (χ0v) is 14.1. The minimum atomic E-state index is 0.108. The number of carbonyl (C=O) groups is 1. The average molecular weight is 347 g/mol. The summed E-state index contributed by atoms with van der Waals surface area (Å²) < 4.78 is 3.26. The highest BCUT2D eigenvalue weighted by Crippen LogP contribution is 2.29. The molecule has 0 radical (unpaired) electrons. The van der Waals surface area contributed by atoms with Crippen LogP contribution in [0.4, 0.5) is 0 Å². The second-order valence-electron chi connectivity index (χ2n) is 5.74. The first-order valence-corrected chi connectivity index (χ1v) is 8.01. The van der Waals surface area contributed by atoms with Crippen LogP contribution in [0.1, 0.15) is 40.3 Å². The van der Waals surface area contributed by atoms with Gasteiger partial charge in [0.05, 0.1) is 6.04 Å². The maximum atomic E-state index is 12.8. The van der Waals surface area contributed by atoms with E-state index in [-0.39, 0.29) is 11.9 Å². The fraction of sp³-hybridized carbons (Fsp3) is 0.353. The van der Waals surface area contributed by atoms with E-state index >= 15 is 0 Å². The van der Waals surface area contributed by atoms with E-state index in [1.165, 1.54) is 11.4 Å². The standard InChI is InChI=1S/C17H19BrN2O/c1-11-8-14(10-15(18)9-11)17(21)20-7-6-19-12(2)4-5-16(19)13(20)3/h4-5,8-10,13H,6-7H2,1-3H3. The summed E-state index contributed by atoms with van der Waals surface area (Å²) in [5.41, 5.74) is 4.34. The van der Waals surface area contributed by atoms with E-state index in [4.69, 9.17) is 0 Å². The number of hydrogen-bond acceptors (Lipinski definition) is 1. The Kier molecular flexibility index (Phi) is 3.66. The van der Waals surface area contributed by atoms with Crippen molar-refractivity contribution in [2.24, 2.45) is 0 Å². The lowest BCUT2D eigenvalue weighted by atomic mass is 10.1. The first kappa shape index (κ1) is 14.4. The molecule has 0 saturated heterocycles. The molecule has 1 amide bonds. The van der Waals surface area contributed by atoms with E-state index in [9.17, 15) is 4.79 Å². The summed E-state index contributed by atoms with van der Waals surface area (Å²) in [5.74, 6) is 0.108. The van der Waals surface area contributed by atoms with Crippen molar-refractivity contribution in [3.8, 4) is 0 Å². The molecule has 3 nitrogen and oxygen atoms in total. The Balaban J connectivity index is 1.92. The van der Waals surface area contributed by atoms with Crippen LogP contribution in [-0.2, 0) is 6.54 Å². The third-order valence-corrected chi connectivity index (χ3v) is 4.70. The fourth-order valence-electron chi connectivity index (χ4n) is 3.12. The summed E-state index contributed by atoms with van der Waals surface area (Å²) in [7, 11) is 0. The van der Waals surface area contributed by atoms with Crippen LogP contribution in [0.3, 0.4) is 0 Å². The Morgan fingerprint density at radius 3 is 2.67 bits per heavy atom. The lowest BCUT2D eigenvalue weighted by Crippen LogP contribution is -2.41.